The van der Waals surface area contributed by atoms with E-state index < -0.39 is 0 Å². The van der Waals surface area contributed by atoms with E-state index in [9.17, 15) is 4.79 Å². The van der Waals surface area contributed by atoms with Crippen LogP contribution in [0.1, 0.15) is 5.56 Å². The van der Waals surface area contributed by atoms with E-state index in [0.29, 0.717) is 6.54 Å². The van der Waals surface area contributed by atoms with Crippen molar-refractivity contribution in [1.29, 1.82) is 0 Å². The summed E-state index contributed by atoms with van der Waals surface area (Å²) in [5.41, 5.74) is 7.56. The molecule has 0 atom stereocenters. The molecule has 15 heavy (non-hydrogen) atoms. The van der Waals surface area contributed by atoms with E-state index in [4.69, 9.17) is 5.73 Å². The molecular weight excluding hydrogens is 190 g/mol. The SMILES string of the molecule is NC(=O)CN1CCNCc2ccccc21. The second-order valence-corrected chi connectivity index (χ2v) is 3.69. The Labute approximate surface area is 89.1 Å². The van der Waals surface area contributed by atoms with Crippen molar-refractivity contribution in [2.75, 3.05) is 24.5 Å². The number of nitrogens with one attached hydrogen (secondary N) is 1. The largest absolute Gasteiger partial charge is 0.368 e. The number of anilines is 1. The minimum absolute atomic E-state index is 0.285. The molecule has 0 bridgehead atoms. The van der Waals surface area contributed by atoms with Gasteiger partial charge in [0, 0.05) is 25.3 Å². The Kier molecular flexibility index (Phi) is 2.87. The second-order valence-electron chi connectivity index (χ2n) is 3.69. The minimum Gasteiger partial charge on any atom is -0.368 e. The van der Waals surface area contributed by atoms with Crippen molar-refractivity contribution in [3.8, 4) is 0 Å². The fraction of sp³-hybridized carbons (Fsp3) is 0.364. The van der Waals surface area contributed by atoms with Gasteiger partial charge >= 0.3 is 0 Å². The van der Waals surface area contributed by atoms with Gasteiger partial charge in [-0.2, -0.15) is 0 Å². The zero-order valence-corrected chi connectivity index (χ0v) is 8.57. The summed E-state index contributed by atoms with van der Waals surface area (Å²) in [5.74, 6) is -0.285. The Morgan fingerprint density at radius 1 is 1.47 bits per heavy atom. The van der Waals surface area contributed by atoms with Gasteiger partial charge in [-0.25, -0.2) is 0 Å². The standard InChI is InChI=1S/C11H15N3O/c12-11(15)8-14-6-5-13-7-9-3-1-2-4-10(9)14/h1-4,13H,5-8H2,(H2,12,15). The highest BCUT2D eigenvalue weighted by Crippen LogP contribution is 2.21. The first-order valence-corrected chi connectivity index (χ1v) is 5.09. The number of carbonyl (C=O) groups is 1. The predicted molar refractivity (Wildman–Crippen MR) is 59.6 cm³/mol. The van der Waals surface area contributed by atoms with Gasteiger partial charge in [-0.15, -0.1) is 0 Å². The van der Waals surface area contributed by atoms with Crippen LogP contribution < -0.4 is 16.0 Å². The average Bonchev–Trinajstić information content (AvgIpc) is 2.41. The highest BCUT2D eigenvalue weighted by molar-refractivity contribution is 5.80. The van der Waals surface area contributed by atoms with Crippen molar-refractivity contribution in [3.63, 3.8) is 0 Å². The molecule has 0 saturated heterocycles. The molecule has 1 amide bonds. The first-order valence-electron chi connectivity index (χ1n) is 5.09. The van der Waals surface area contributed by atoms with E-state index in [2.05, 4.69) is 11.4 Å². The van der Waals surface area contributed by atoms with Crippen LogP contribution in [0.3, 0.4) is 0 Å². The molecule has 1 aromatic rings. The zero-order chi connectivity index (χ0) is 10.7. The van der Waals surface area contributed by atoms with Crippen LogP contribution in [0.5, 0.6) is 0 Å². The summed E-state index contributed by atoms with van der Waals surface area (Å²) in [7, 11) is 0. The highest BCUT2D eigenvalue weighted by atomic mass is 16.1. The second kappa shape index (κ2) is 4.31. The number of fused-ring (bicyclic) bond motifs is 1. The molecule has 0 fully saturated rings. The van der Waals surface area contributed by atoms with Crippen LogP contribution in [0.2, 0.25) is 0 Å². The summed E-state index contributed by atoms with van der Waals surface area (Å²) >= 11 is 0. The van der Waals surface area contributed by atoms with Crippen LogP contribution in [0, 0.1) is 0 Å². The van der Waals surface area contributed by atoms with Crippen molar-refractivity contribution in [1.82, 2.24) is 5.32 Å². The Bertz CT molecular complexity index is 365. The van der Waals surface area contributed by atoms with Crippen LogP contribution in [0.15, 0.2) is 24.3 Å². The molecule has 80 valence electrons. The third-order valence-electron chi connectivity index (χ3n) is 2.55. The summed E-state index contributed by atoms with van der Waals surface area (Å²) < 4.78 is 0. The van der Waals surface area contributed by atoms with Gasteiger partial charge in [0.25, 0.3) is 0 Å². The van der Waals surface area contributed by atoms with Crippen molar-refractivity contribution in [3.05, 3.63) is 29.8 Å². The number of primary amides is 1. The molecule has 1 heterocycles. The molecular formula is C11H15N3O. The van der Waals surface area contributed by atoms with Crippen LogP contribution in [-0.4, -0.2) is 25.5 Å². The number of hydrogen-bond acceptors (Lipinski definition) is 3. The van der Waals surface area contributed by atoms with Gasteiger partial charge in [-0.1, -0.05) is 18.2 Å². The molecule has 4 heteroatoms. The van der Waals surface area contributed by atoms with Gasteiger partial charge in [0.2, 0.25) is 5.91 Å². The molecule has 0 unspecified atom stereocenters. The number of nitrogens with two attached hydrogens (primary N) is 1. The highest BCUT2D eigenvalue weighted by Gasteiger charge is 2.15. The number of nitrogens with zero attached hydrogens (tertiary/aromatic N) is 1. The lowest BCUT2D eigenvalue weighted by atomic mass is 10.1. The summed E-state index contributed by atoms with van der Waals surface area (Å²) in [6.07, 6.45) is 0. The molecule has 1 aliphatic heterocycles. The van der Waals surface area contributed by atoms with Gasteiger partial charge in [0.05, 0.1) is 6.54 Å². The number of para-hydroxylation sites is 1. The van der Waals surface area contributed by atoms with Crippen LogP contribution >= 0.6 is 0 Å². The predicted octanol–water partition coefficient (Wildman–Crippen LogP) is 0.0815. The van der Waals surface area contributed by atoms with E-state index in [0.717, 1.165) is 25.3 Å². The smallest absolute Gasteiger partial charge is 0.236 e. The molecule has 0 radical (unpaired) electrons. The average molecular weight is 205 g/mol. The van der Waals surface area contributed by atoms with Gasteiger partial charge in [-0.05, 0) is 11.6 Å². The first-order chi connectivity index (χ1) is 7.27. The van der Waals surface area contributed by atoms with Crippen LogP contribution in [0.25, 0.3) is 0 Å². The number of benzene rings is 1. The molecule has 2 rings (SSSR count). The Morgan fingerprint density at radius 2 is 2.27 bits per heavy atom. The number of carbonyl (C=O) groups excluding carboxylic acids is 1. The van der Waals surface area contributed by atoms with Crippen LogP contribution in [-0.2, 0) is 11.3 Å². The van der Waals surface area contributed by atoms with Gasteiger partial charge in [0.15, 0.2) is 0 Å². The Balaban J connectivity index is 2.28. The van der Waals surface area contributed by atoms with Gasteiger partial charge < -0.3 is 16.0 Å². The normalized spacial score (nSPS) is 15.6. The maximum atomic E-state index is 10.9. The minimum atomic E-state index is -0.285. The maximum absolute atomic E-state index is 10.9. The Hall–Kier alpha value is -1.55. The van der Waals surface area contributed by atoms with E-state index in [-0.39, 0.29) is 5.91 Å². The van der Waals surface area contributed by atoms with Crippen molar-refractivity contribution >= 4 is 11.6 Å². The molecule has 1 aliphatic rings. The third-order valence-corrected chi connectivity index (χ3v) is 2.55. The Morgan fingerprint density at radius 3 is 3.07 bits per heavy atom. The molecule has 1 aromatic carbocycles. The van der Waals surface area contributed by atoms with Crippen molar-refractivity contribution in [2.24, 2.45) is 5.73 Å². The fourth-order valence-corrected chi connectivity index (χ4v) is 1.88. The lowest BCUT2D eigenvalue weighted by Gasteiger charge is -2.22. The van der Waals surface area contributed by atoms with E-state index in [1.807, 2.05) is 23.1 Å². The van der Waals surface area contributed by atoms with E-state index in [1.54, 1.807) is 0 Å². The molecule has 0 saturated carbocycles. The summed E-state index contributed by atoms with van der Waals surface area (Å²) in [6, 6.07) is 8.10. The van der Waals surface area contributed by atoms with E-state index in [1.165, 1.54) is 5.56 Å². The fourth-order valence-electron chi connectivity index (χ4n) is 1.88. The number of amides is 1. The summed E-state index contributed by atoms with van der Waals surface area (Å²) in [4.78, 5) is 13.0. The topological polar surface area (TPSA) is 58.4 Å². The first kappa shape index (κ1) is 9.98. The van der Waals surface area contributed by atoms with Gasteiger partial charge in [-0.3, -0.25) is 4.79 Å². The molecule has 0 aliphatic carbocycles. The third kappa shape index (κ3) is 2.27. The lowest BCUT2D eigenvalue weighted by Crippen LogP contribution is -2.36. The molecule has 0 aromatic heterocycles. The lowest BCUT2D eigenvalue weighted by molar-refractivity contribution is -0.116. The van der Waals surface area contributed by atoms with Crippen LogP contribution in [0.4, 0.5) is 5.69 Å². The zero-order valence-electron chi connectivity index (χ0n) is 8.57. The van der Waals surface area contributed by atoms with E-state index >= 15 is 0 Å². The molecule has 0 spiro atoms. The summed E-state index contributed by atoms with van der Waals surface area (Å²) in [5, 5.41) is 3.31. The maximum Gasteiger partial charge on any atom is 0.236 e. The monoisotopic (exact) mass is 205 g/mol. The van der Waals surface area contributed by atoms with Crippen molar-refractivity contribution < 1.29 is 4.79 Å². The summed E-state index contributed by atoms with van der Waals surface area (Å²) in [6.45, 7) is 2.84. The van der Waals surface area contributed by atoms with Gasteiger partial charge in [0.1, 0.15) is 0 Å². The molecule has 3 N–H and O–H groups in total. The molecule has 4 nitrogen and oxygen atoms in total. The van der Waals surface area contributed by atoms with Crippen molar-refractivity contribution in [2.45, 2.75) is 6.54 Å². The quantitative estimate of drug-likeness (QED) is 0.719. The number of rotatable bonds is 2. The number of hydrogen-bond donors (Lipinski definition) is 2.